The second-order valence-corrected chi connectivity index (χ2v) is 5.01. The molecule has 94 valence electrons. The van der Waals surface area contributed by atoms with Crippen LogP contribution in [0.3, 0.4) is 0 Å². The van der Waals surface area contributed by atoms with Crippen molar-refractivity contribution in [1.29, 1.82) is 0 Å². The Kier molecular flexibility index (Phi) is 4.11. The standard InChI is InChI=1S/C13H12FIN2O/c1-2-4-10-11(15)13(18)17-12(16-10)8-5-3-6-9(14)7-8/h3,5-7H,2,4H2,1H3,(H,16,17,18). The van der Waals surface area contributed by atoms with E-state index in [-0.39, 0.29) is 11.4 Å². The Morgan fingerprint density at radius 3 is 2.89 bits per heavy atom. The van der Waals surface area contributed by atoms with Crippen LogP contribution in [0, 0.1) is 9.39 Å². The molecule has 0 spiro atoms. The van der Waals surface area contributed by atoms with Crippen LogP contribution in [0.4, 0.5) is 4.39 Å². The summed E-state index contributed by atoms with van der Waals surface area (Å²) < 4.78 is 13.8. The fraction of sp³-hybridized carbons (Fsp3) is 0.231. The van der Waals surface area contributed by atoms with Crippen LogP contribution in [-0.4, -0.2) is 9.97 Å². The maximum atomic E-state index is 13.2. The van der Waals surface area contributed by atoms with Gasteiger partial charge in [0.1, 0.15) is 11.6 Å². The first-order valence-corrected chi connectivity index (χ1v) is 6.74. The molecule has 1 N–H and O–H groups in total. The van der Waals surface area contributed by atoms with E-state index < -0.39 is 0 Å². The molecule has 2 rings (SSSR count). The van der Waals surface area contributed by atoms with Crippen molar-refractivity contribution in [2.45, 2.75) is 19.8 Å². The van der Waals surface area contributed by atoms with Crippen molar-refractivity contribution in [2.75, 3.05) is 0 Å². The van der Waals surface area contributed by atoms with Gasteiger partial charge in [-0.2, -0.15) is 0 Å². The van der Waals surface area contributed by atoms with E-state index in [9.17, 15) is 9.18 Å². The number of aryl methyl sites for hydroxylation is 1. The predicted molar refractivity (Wildman–Crippen MR) is 77.0 cm³/mol. The van der Waals surface area contributed by atoms with Gasteiger partial charge in [-0.3, -0.25) is 4.79 Å². The summed E-state index contributed by atoms with van der Waals surface area (Å²) in [4.78, 5) is 18.9. The first kappa shape index (κ1) is 13.2. The first-order valence-electron chi connectivity index (χ1n) is 5.66. The van der Waals surface area contributed by atoms with Gasteiger partial charge in [-0.15, -0.1) is 0 Å². The van der Waals surface area contributed by atoms with Gasteiger partial charge in [-0.05, 0) is 41.1 Å². The van der Waals surface area contributed by atoms with E-state index in [0.29, 0.717) is 15.0 Å². The Hall–Kier alpha value is -1.24. The van der Waals surface area contributed by atoms with E-state index in [0.717, 1.165) is 18.5 Å². The Labute approximate surface area is 118 Å². The highest BCUT2D eigenvalue weighted by atomic mass is 127. The summed E-state index contributed by atoms with van der Waals surface area (Å²) in [6, 6.07) is 6.05. The van der Waals surface area contributed by atoms with Crippen molar-refractivity contribution in [2.24, 2.45) is 0 Å². The minimum atomic E-state index is -0.342. The van der Waals surface area contributed by atoms with E-state index in [1.165, 1.54) is 12.1 Å². The summed E-state index contributed by atoms with van der Waals surface area (Å²) in [6.45, 7) is 2.03. The molecule has 1 aromatic heterocycles. The van der Waals surface area contributed by atoms with Crippen LogP contribution in [0.1, 0.15) is 19.0 Å². The van der Waals surface area contributed by atoms with Crippen LogP contribution in [0.5, 0.6) is 0 Å². The van der Waals surface area contributed by atoms with E-state index in [1.807, 2.05) is 29.5 Å². The molecular weight excluding hydrogens is 346 g/mol. The van der Waals surface area contributed by atoms with Gasteiger partial charge >= 0.3 is 0 Å². The van der Waals surface area contributed by atoms with Crippen LogP contribution in [-0.2, 0) is 6.42 Å². The largest absolute Gasteiger partial charge is 0.306 e. The summed E-state index contributed by atoms with van der Waals surface area (Å²) in [5, 5.41) is 0. The lowest BCUT2D eigenvalue weighted by atomic mass is 10.2. The topological polar surface area (TPSA) is 45.8 Å². The molecule has 18 heavy (non-hydrogen) atoms. The van der Waals surface area contributed by atoms with Gasteiger partial charge in [0, 0.05) is 5.56 Å². The lowest BCUT2D eigenvalue weighted by Crippen LogP contribution is -2.16. The van der Waals surface area contributed by atoms with Gasteiger partial charge < -0.3 is 4.98 Å². The van der Waals surface area contributed by atoms with Gasteiger partial charge in [0.05, 0.1) is 9.26 Å². The molecule has 0 amide bonds. The molecule has 0 bridgehead atoms. The average Bonchev–Trinajstić information content (AvgIpc) is 2.35. The maximum Gasteiger partial charge on any atom is 0.264 e. The third-order valence-corrected chi connectivity index (χ3v) is 3.63. The van der Waals surface area contributed by atoms with Crippen LogP contribution < -0.4 is 5.56 Å². The fourth-order valence-corrected chi connectivity index (χ4v) is 2.21. The molecule has 0 radical (unpaired) electrons. The lowest BCUT2D eigenvalue weighted by Gasteiger charge is -2.06. The Morgan fingerprint density at radius 1 is 1.44 bits per heavy atom. The first-order chi connectivity index (χ1) is 8.61. The molecule has 0 aliphatic carbocycles. The van der Waals surface area contributed by atoms with Gasteiger partial charge in [-0.25, -0.2) is 9.37 Å². The molecule has 5 heteroatoms. The third kappa shape index (κ3) is 2.77. The Bertz CT molecular complexity index is 625. The van der Waals surface area contributed by atoms with E-state index in [2.05, 4.69) is 9.97 Å². The Morgan fingerprint density at radius 2 is 2.22 bits per heavy atom. The molecule has 0 saturated heterocycles. The Balaban J connectivity index is 2.55. The van der Waals surface area contributed by atoms with Gasteiger partial charge in [-0.1, -0.05) is 25.5 Å². The summed E-state index contributed by atoms with van der Waals surface area (Å²) >= 11 is 1.99. The molecule has 0 saturated carbocycles. The minimum absolute atomic E-state index is 0.173. The number of nitrogens with one attached hydrogen (secondary N) is 1. The number of benzene rings is 1. The SMILES string of the molecule is CCCc1nc(-c2cccc(F)c2)[nH]c(=O)c1I. The highest BCUT2D eigenvalue weighted by Gasteiger charge is 2.09. The molecule has 0 unspecified atom stereocenters. The monoisotopic (exact) mass is 358 g/mol. The summed E-state index contributed by atoms with van der Waals surface area (Å²) in [5.41, 5.74) is 1.18. The van der Waals surface area contributed by atoms with Crippen molar-refractivity contribution >= 4 is 22.6 Å². The van der Waals surface area contributed by atoms with Gasteiger partial charge in [0.2, 0.25) is 0 Å². The zero-order valence-electron chi connectivity index (χ0n) is 9.84. The number of nitrogens with zero attached hydrogens (tertiary/aromatic N) is 1. The van der Waals surface area contributed by atoms with E-state index in [4.69, 9.17) is 0 Å². The van der Waals surface area contributed by atoms with Crippen molar-refractivity contribution in [1.82, 2.24) is 9.97 Å². The highest BCUT2D eigenvalue weighted by Crippen LogP contribution is 2.17. The van der Waals surface area contributed by atoms with Crippen molar-refractivity contribution in [3.63, 3.8) is 0 Å². The number of hydrogen-bond acceptors (Lipinski definition) is 2. The number of rotatable bonds is 3. The number of H-pyrrole nitrogens is 1. The molecule has 0 atom stereocenters. The number of aromatic nitrogens is 2. The van der Waals surface area contributed by atoms with Gasteiger partial charge in [0.25, 0.3) is 5.56 Å². The van der Waals surface area contributed by atoms with E-state index >= 15 is 0 Å². The second-order valence-electron chi connectivity index (χ2n) is 3.94. The van der Waals surface area contributed by atoms with E-state index in [1.54, 1.807) is 12.1 Å². The maximum absolute atomic E-state index is 13.2. The zero-order chi connectivity index (χ0) is 13.1. The quantitative estimate of drug-likeness (QED) is 0.857. The molecule has 0 aliphatic rings. The lowest BCUT2D eigenvalue weighted by molar-refractivity contribution is 0.628. The van der Waals surface area contributed by atoms with Crippen LogP contribution in [0.2, 0.25) is 0 Å². The van der Waals surface area contributed by atoms with Crippen LogP contribution in [0.25, 0.3) is 11.4 Å². The van der Waals surface area contributed by atoms with Crippen molar-refractivity contribution in [3.8, 4) is 11.4 Å². The zero-order valence-corrected chi connectivity index (χ0v) is 12.0. The minimum Gasteiger partial charge on any atom is -0.306 e. The number of halogens is 2. The molecule has 1 aromatic carbocycles. The summed E-state index contributed by atoms with van der Waals surface area (Å²) in [5.74, 6) is 0.0779. The third-order valence-electron chi connectivity index (χ3n) is 2.52. The summed E-state index contributed by atoms with van der Waals surface area (Å²) in [6.07, 6.45) is 1.65. The molecule has 3 nitrogen and oxygen atoms in total. The fourth-order valence-electron chi connectivity index (χ4n) is 1.68. The molecule has 1 heterocycles. The van der Waals surface area contributed by atoms with Crippen LogP contribution in [0.15, 0.2) is 29.1 Å². The van der Waals surface area contributed by atoms with Crippen molar-refractivity contribution in [3.05, 3.63) is 49.7 Å². The average molecular weight is 358 g/mol. The predicted octanol–water partition coefficient (Wildman–Crippen LogP) is 3.13. The van der Waals surface area contributed by atoms with Crippen LogP contribution >= 0.6 is 22.6 Å². The second kappa shape index (κ2) is 5.60. The molecular formula is C13H12FIN2O. The smallest absolute Gasteiger partial charge is 0.264 e. The molecule has 0 fully saturated rings. The molecule has 0 aliphatic heterocycles. The van der Waals surface area contributed by atoms with Crippen molar-refractivity contribution < 1.29 is 4.39 Å². The summed E-state index contributed by atoms with van der Waals surface area (Å²) in [7, 11) is 0. The number of aromatic amines is 1. The highest BCUT2D eigenvalue weighted by molar-refractivity contribution is 14.1. The number of hydrogen-bond donors (Lipinski definition) is 1. The molecule has 2 aromatic rings. The van der Waals surface area contributed by atoms with Gasteiger partial charge in [0.15, 0.2) is 0 Å². The normalized spacial score (nSPS) is 10.6.